The molecule has 6 nitrogen and oxygen atoms in total. The van der Waals surface area contributed by atoms with Gasteiger partial charge >= 0.3 is 6.09 Å². The lowest BCUT2D eigenvalue weighted by atomic mass is 9.98. The number of carbonyl (C=O) groups excluding carboxylic acids is 1. The van der Waals surface area contributed by atoms with Gasteiger partial charge in [-0.05, 0) is 27.8 Å². The summed E-state index contributed by atoms with van der Waals surface area (Å²) in [6, 6.07) is 25.7. The summed E-state index contributed by atoms with van der Waals surface area (Å²) in [5.41, 5.74) is 6.11. The molecule has 4 aromatic rings. The third kappa shape index (κ3) is 4.38. The molecule has 2 N–H and O–H groups in total. The molecule has 33 heavy (non-hydrogen) atoms. The molecular weight excluding hydrogens is 416 g/mol. The number of ether oxygens (including phenoxy) is 1. The van der Waals surface area contributed by atoms with Crippen molar-refractivity contribution in [2.24, 2.45) is 0 Å². The number of aliphatic hydroxyl groups is 1. The van der Waals surface area contributed by atoms with Crippen LogP contribution in [0.2, 0.25) is 0 Å². The Morgan fingerprint density at radius 2 is 1.61 bits per heavy atom. The number of oxazole rings is 1. The van der Waals surface area contributed by atoms with Crippen LogP contribution in [0.15, 0.2) is 89.5 Å². The van der Waals surface area contributed by atoms with Crippen molar-refractivity contribution < 1.29 is 19.1 Å². The number of carbonyl (C=O) groups is 1. The highest BCUT2D eigenvalue weighted by Crippen LogP contribution is 2.44. The quantitative estimate of drug-likeness (QED) is 0.423. The molecule has 6 heteroatoms. The van der Waals surface area contributed by atoms with Gasteiger partial charge in [-0.1, -0.05) is 78.9 Å². The number of aliphatic hydroxyl groups excluding tert-OH is 1. The number of amides is 1. The van der Waals surface area contributed by atoms with Crippen molar-refractivity contribution in [2.45, 2.75) is 25.0 Å². The minimum Gasteiger partial charge on any atom is -0.449 e. The Labute approximate surface area is 191 Å². The number of aromatic nitrogens is 1. The van der Waals surface area contributed by atoms with Gasteiger partial charge in [-0.25, -0.2) is 9.78 Å². The van der Waals surface area contributed by atoms with Crippen molar-refractivity contribution in [1.29, 1.82) is 0 Å². The van der Waals surface area contributed by atoms with Gasteiger partial charge in [0, 0.05) is 12.3 Å². The largest absolute Gasteiger partial charge is 0.449 e. The van der Waals surface area contributed by atoms with Gasteiger partial charge in [0.15, 0.2) is 0 Å². The summed E-state index contributed by atoms with van der Waals surface area (Å²) in [5.74, 6) is 0.315. The number of fused-ring (bicyclic) bond motifs is 3. The van der Waals surface area contributed by atoms with Crippen LogP contribution >= 0.6 is 0 Å². The van der Waals surface area contributed by atoms with Crippen molar-refractivity contribution >= 4 is 6.09 Å². The Morgan fingerprint density at radius 3 is 2.24 bits per heavy atom. The van der Waals surface area contributed by atoms with Gasteiger partial charge in [-0.2, -0.15) is 0 Å². The summed E-state index contributed by atoms with van der Waals surface area (Å²) in [6.45, 7) is -0.00209. The van der Waals surface area contributed by atoms with Gasteiger partial charge in [0.2, 0.25) is 5.89 Å². The van der Waals surface area contributed by atoms with E-state index in [0.717, 1.165) is 16.7 Å². The summed E-state index contributed by atoms with van der Waals surface area (Å²) >= 11 is 0. The Morgan fingerprint density at radius 1 is 0.970 bits per heavy atom. The SMILES string of the molecule is O=C(N[C@@H](Cc1ccccc1)c1nc(CO)co1)OCC1c2ccccc2-c2ccccc21. The number of benzene rings is 3. The first-order valence-corrected chi connectivity index (χ1v) is 10.9. The van der Waals surface area contributed by atoms with E-state index in [1.165, 1.54) is 17.4 Å². The van der Waals surface area contributed by atoms with Gasteiger partial charge in [0.1, 0.15) is 24.6 Å². The maximum Gasteiger partial charge on any atom is 0.407 e. The molecule has 1 aromatic heterocycles. The van der Waals surface area contributed by atoms with Crippen LogP contribution in [0.3, 0.4) is 0 Å². The third-order valence-electron chi connectivity index (χ3n) is 5.95. The average molecular weight is 440 g/mol. The Kier molecular flexibility index (Phi) is 5.91. The van der Waals surface area contributed by atoms with Crippen LogP contribution in [0.5, 0.6) is 0 Å². The molecular formula is C27H24N2O4. The molecule has 0 saturated carbocycles. The minimum absolute atomic E-state index is 0.0153. The molecule has 1 aliphatic carbocycles. The fraction of sp³-hybridized carbons (Fsp3) is 0.185. The molecule has 1 atom stereocenters. The third-order valence-corrected chi connectivity index (χ3v) is 5.95. The first-order valence-electron chi connectivity index (χ1n) is 10.9. The van der Waals surface area contributed by atoms with E-state index in [1.54, 1.807) is 0 Å². The number of nitrogens with one attached hydrogen (secondary N) is 1. The molecule has 1 heterocycles. The second kappa shape index (κ2) is 9.30. The van der Waals surface area contributed by atoms with Crippen LogP contribution in [0.1, 0.15) is 40.2 Å². The zero-order valence-electron chi connectivity index (χ0n) is 18.0. The molecule has 166 valence electrons. The van der Waals surface area contributed by atoms with E-state index in [1.807, 2.05) is 54.6 Å². The minimum atomic E-state index is -0.540. The van der Waals surface area contributed by atoms with Crippen molar-refractivity contribution in [3.05, 3.63) is 113 Å². The Balaban J connectivity index is 1.31. The molecule has 0 unspecified atom stereocenters. The second-order valence-corrected chi connectivity index (χ2v) is 8.05. The molecule has 1 amide bonds. The molecule has 3 aromatic carbocycles. The van der Waals surface area contributed by atoms with Gasteiger partial charge < -0.3 is 19.6 Å². The smallest absolute Gasteiger partial charge is 0.407 e. The highest BCUT2D eigenvalue weighted by molar-refractivity contribution is 5.79. The summed E-state index contributed by atoms with van der Waals surface area (Å²) in [6.07, 6.45) is 1.34. The first kappa shape index (κ1) is 21.0. The molecule has 0 spiro atoms. The van der Waals surface area contributed by atoms with E-state index in [2.05, 4.69) is 34.6 Å². The molecule has 0 fully saturated rings. The van der Waals surface area contributed by atoms with Crippen molar-refractivity contribution in [3.63, 3.8) is 0 Å². The maximum atomic E-state index is 12.8. The number of hydrogen-bond donors (Lipinski definition) is 2. The van der Waals surface area contributed by atoms with E-state index in [-0.39, 0.29) is 19.1 Å². The summed E-state index contributed by atoms with van der Waals surface area (Å²) < 4.78 is 11.2. The Hall–Kier alpha value is -3.90. The van der Waals surface area contributed by atoms with Gasteiger partial charge in [0.25, 0.3) is 0 Å². The van der Waals surface area contributed by atoms with Crippen LogP contribution in [0.25, 0.3) is 11.1 Å². The maximum absolute atomic E-state index is 12.8. The standard InChI is InChI=1S/C27H24N2O4/c30-15-19-16-32-26(28-19)25(14-18-8-2-1-3-9-18)29-27(31)33-17-24-22-12-6-4-10-20(22)21-11-5-7-13-23(21)24/h1-13,16,24-25,30H,14-15,17H2,(H,29,31)/t25-/m0/s1. The van der Waals surface area contributed by atoms with E-state index in [9.17, 15) is 9.90 Å². The highest BCUT2D eigenvalue weighted by Gasteiger charge is 2.29. The fourth-order valence-electron chi connectivity index (χ4n) is 4.39. The topological polar surface area (TPSA) is 84.6 Å². The second-order valence-electron chi connectivity index (χ2n) is 8.05. The average Bonchev–Trinajstić information content (AvgIpc) is 3.46. The van der Waals surface area contributed by atoms with Crippen molar-refractivity contribution in [1.82, 2.24) is 10.3 Å². The fourth-order valence-corrected chi connectivity index (χ4v) is 4.39. The number of nitrogens with zero attached hydrogens (tertiary/aromatic N) is 1. The van der Waals surface area contributed by atoms with Crippen LogP contribution in [0, 0.1) is 0 Å². The number of rotatable bonds is 7. The molecule has 0 radical (unpaired) electrons. The van der Waals surface area contributed by atoms with Crippen LogP contribution in [-0.4, -0.2) is 22.8 Å². The first-order chi connectivity index (χ1) is 16.2. The summed E-state index contributed by atoms with van der Waals surface area (Å²) in [5, 5.41) is 12.2. The molecule has 0 saturated heterocycles. The summed E-state index contributed by atoms with van der Waals surface area (Å²) in [4.78, 5) is 17.1. The van der Waals surface area contributed by atoms with E-state index >= 15 is 0 Å². The van der Waals surface area contributed by atoms with Crippen molar-refractivity contribution in [2.75, 3.05) is 6.61 Å². The van der Waals surface area contributed by atoms with Gasteiger partial charge in [-0.15, -0.1) is 0 Å². The van der Waals surface area contributed by atoms with Crippen LogP contribution in [0.4, 0.5) is 4.79 Å². The van der Waals surface area contributed by atoms with Gasteiger partial charge in [-0.3, -0.25) is 0 Å². The number of alkyl carbamates (subject to hydrolysis) is 1. The lowest BCUT2D eigenvalue weighted by Gasteiger charge is -2.18. The molecule has 0 aliphatic heterocycles. The monoisotopic (exact) mass is 440 g/mol. The van der Waals surface area contributed by atoms with Crippen LogP contribution < -0.4 is 5.32 Å². The van der Waals surface area contributed by atoms with Gasteiger partial charge in [0.05, 0.1) is 6.61 Å². The van der Waals surface area contributed by atoms with E-state index in [4.69, 9.17) is 9.15 Å². The molecule has 1 aliphatic rings. The van der Waals surface area contributed by atoms with E-state index < -0.39 is 12.1 Å². The molecule has 0 bridgehead atoms. The predicted molar refractivity (Wildman–Crippen MR) is 124 cm³/mol. The highest BCUT2D eigenvalue weighted by atomic mass is 16.5. The lowest BCUT2D eigenvalue weighted by Crippen LogP contribution is -2.31. The number of hydrogen-bond acceptors (Lipinski definition) is 5. The Bertz CT molecular complexity index is 1210. The normalized spacial score (nSPS) is 13.2. The van der Waals surface area contributed by atoms with Crippen molar-refractivity contribution in [3.8, 4) is 11.1 Å². The van der Waals surface area contributed by atoms with E-state index in [0.29, 0.717) is 18.0 Å². The lowest BCUT2D eigenvalue weighted by molar-refractivity contribution is 0.137. The zero-order chi connectivity index (χ0) is 22.6. The molecule has 5 rings (SSSR count). The predicted octanol–water partition coefficient (Wildman–Crippen LogP) is 4.99. The van der Waals surface area contributed by atoms with Crippen LogP contribution in [-0.2, 0) is 17.8 Å². The zero-order valence-corrected chi connectivity index (χ0v) is 18.0. The summed E-state index contributed by atoms with van der Waals surface area (Å²) in [7, 11) is 0.